The zero-order valence-corrected chi connectivity index (χ0v) is 17.0. The van der Waals surface area contributed by atoms with Crippen molar-refractivity contribution in [1.29, 1.82) is 0 Å². The van der Waals surface area contributed by atoms with E-state index in [1.165, 1.54) is 34.3 Å². The number of methoxy groups -OCH3 is 3. The number of carbonyl (C=O) groups excluding carboxylic acids is 2. The van der Waals surface area contributed by atoms with E-state index >= 15 is 0 Å². The number of esters is 1. The largest absolute Gasteiger partial charge is 0.495 e. The van der Waals surface area contributed by atoms with Gasteiger partial charge >= 0.3 is 5.97 Å². The number of rotatable bonds is 7. The smallest absolute Gasteiger partial charge is 0.342 e. The summed E-state index contributed by atoms with van der Waals surface area (Å²) in [5.41, 5.74) is 1.35. The number of hydrogen-bond donors (Lipinski definition) is 1. The van der Waals surface area contributed by atoms with E-state index in [-0.39, 0.29) is 11.3 Å². The van der Waals surface area contributed by atoms with Gasteiger partial charge in [-0.15, -0.1) is 0 Å². The van der Waals surface area contributed by atoms with Crippen LogP contribution in [0.25, 0.3) is 0 Å². The molecule has 8 heteroatoms. The van der Waals surface area contributed by atoms with E-state index in [1.54, 1.807) is 31.2 Å². The van der Waals surface area contributed by atoms with Crippen molar-refractivity contribution < 1.29 is 28.5 Å². The van der Waals surface area contributed by atoms with Gasteiger partial charge < -0.3 is 24.3 Å². The van der Waals surface area contributed by atoms with Crippen LogP contribution in [-0.2, 0) is 9.53 Å². The molecule has 0 aliphatic heterocycles. The lowest BCUT2D eigenvalue weighted by atomic mass is 10.2. The zero-order chi connectivity index (χ0) is 20.8. The molecule has 0 radical (unpaired) electrons. The van der Waals surface area contributed by atoms with E-state index in [0.29, 0.717) is 22.2 Å². The fraction of sp³-hybridized carbons (Fsp3) is 0.300. The first-order chi connectivity index (χ1) is 13.3. The van der Waals surface area contributed by atoms with Crippen molar-refractivity contribution in [2.45, 2.75) is 20.0 Å². The third-order valence-corrected chi connectivity index (χ3v) is 4.42. The van der Waals surface area contributed by atoms with Crippen molar-refractivity contribution in [3.8, 4) is 17.2 Å². The van der Waals surface area contributed by atoms with E-state index in [1.807, 2.05) is 0 Å². The SMILES string of the molecule is COc1cc(Cl)c(C)cc1NC(=O)C(C)OC(=O)c1cccc(OC)c1OC. The van der Waals surface area contributed by atoms with Crippen molar-refractivity contribution >= 4 is 29.2 Å². The third-order valence-electron chi connectivity index (χ3n) is 4.01. The summed E-state index contributed by atoms with van der Waals surface area (Å²) in [6.07, 6.45) is -1.07. The summed E-state index contributed by atoms with van der Waals surface area (Å²) in [6, 6.07) is 8.09. The van der Waals surface area contributed by atoms with E-state index in [2.05, 4.69) is 5.32 Å². The Balaban J connectivity index is 2.15. The maximum absolute atomic E-state index is 12.5. The molecule has 1 unspecified atom stereocenters. The molecule has 0 aliphatic carbocycles. The van der Waals surface area contributed by atoms with Crippen LogP contribution < -0.4 is 19.5 Å². The maximum atomic E-state index is 12.5. The van der Waals surface area contributed by atoms with Crippen LogP contribution in [0.15, 0.2) is 30.3 Å². The maximum Gasteiger partial charge on any atom is 0.342 e. The molecule has 1 amide bonds. The van der Waals surface area contributed by atoms with Gasteiger partial charge in [-0.3, -0.25) is 4.79 Å². The monoisotopic (exact) mass is 407 g/mol. The summed E-state index contributed by atoms with van der Waals surface area (Å²) in [5, 5.41) is 3.19. The second kappa shape index (κ2) is 9.32. The Morgan fingerprint density at radius 3 is 2.32 bits per heavy atom. The van der Waals surface area contributed by atoms with Gasteiger partial charge in [0.05, 0.1) is 27.0 Å². The lowest BCUT2D eigenvalue weighted by Crippen LogP contribution is -2.30. The molecule has 28 heavy (non-hydrogen) atoms. The molecule has 0 saturated heterocycles. The molecule has 2 aromatic rings. The molecular formula is C20H22ClNO6. The van der Waals surface area contributed by atoms with Gasteiger partial charge in [-0.1, -0.05) is 17.7 Å². The normalized spacial score (nSPS) is 11.4. The van der Waals surface area contributed by atoms with Gasteiger partial charge in [0.25, 0.3) is 5.91 Å². The molecular weight excluding hydrogens is 386 g/mol. The number of nitrogens with one attached hydrogen (secondary N) is 1. The lowest BCUT2D eigenvalue weighted by molar-refractivity contribution is -0.123. The first-order valence-electron chi connectivity index (χ1n) is 8.39. The number of hydrogen-bond acceptors (Lipinski definition) is 6. The van der Waals surface area contributed by atoms with Crippen molar-refractivity contribution in [2.75, 3.05) is 26.6 Å². The van der Waals surface area contributed by atoms with Crippen molar-refractivity contribution in [3.05, 3.63) is 46.5 Å². The molecule has 1 N–H and O–H groups in total. The van der Waals surface area contributed by atoms with Crippen LogP contribution in [0.2, 0.25) is 5.02 Å². The molecule has 0 fully saturated rings. The van der Waals surface area contributed by atoms with Crippen LogP contribution in [0.4, 0.5) is 5.69 Å². The highest BCUT2D eigenvalue weighted by molar-refractivity contribution is 6.31. The molecule has 7 nitrogen and oxygen atoms in total. The van der Waals surface area contributed by atoms with Gasteiger partial charge in [-0.05, 0) is 37.6 Å². The topological polar surface area (TPSA) is 83.1 Å². The Morgan fingerprint density at radius 1 is 1.04 bits per heavy atom. The van der Waals surface area contributed by atoms with Gasteiger partial charge in [-0.2, -0.15) is 0 Å². The van der Waals surface area contributed by atoms with Gasteiger partial charge in [0, 0.05) is 11.1 Å². The highest BCUT2D eigenvalue weighted by atomic mass is 35.5. The minimum atomic E-state index is -1.07. The average Bonchev–Trinajstić information content (AvgIpc) is 2.69. The molecule has 1 atom stereocenters. The van der Waals surface area contributed by atoms with E-state index in [9.17, 15) is 9.59 Å². The van der Waals surface area contributed by atoms with Crippen molar-refractivity contribution in [1.82, 2.24) is 0 Å². The van der Waals surface area contributed by atoms with Crippen molar-refractivity contribution in [2.24, 2.45) is 0 Å². The summed E-state index contributed by atoms with van der Waals surface area (Å²) in [6.45, 7) is 3.27. The van der Waals surface area contributed by atoms with Gasteiger partial charge in [0.1, 0.15) is 11.3 Å². The average molecular weight is 408 g/mol. The molecule has 150 valence electrons. The van der Waals surface area contributed by atoms with Crippen LogP contribution >= 0.6 is 11.6 Å². The molecule has 0 saturated carbocycles. The number of para-hydroxylation sites is 1. The van der Waals surface area contributed by atoms with Crippen LogP contribution in [0.3, 0.4) is 0 Å². The molecule has 0 spiro atoms. The highest BCUT2D eigenvalue weighted by Gasteiger charge is 2.24. The van der Waals surface area contributed by atoms with Gasteiger partial charge in [0.2, 0.25) is 0 Å². The lowest BCUT2D eigenvalue weighted by Gasteiger charge is -2.17. The summed E-state index contributed by atoms with van der Waals surface area (Å²) < 4.78 is 20.9. The molecule has 0 heterocycles. The Hall–Kier alpha value is -2.93. The molecule has 0 aromatic heterocycles. The van der Waals surface area contributed by atoms with E-state index in [4.69, 9.17) is 30.5 Å². The highest BCUT2D eigenvalue weighted by Crippen LogP contribution is 2.32. The Morgan fingerprint density at radius 2 is 1.71 bits per heavy atom. The Labute approximate surface area is 168 Å². The predicted octanol–water partition coefficient (Wildman–Crippen LogP) is 3.86. The minimum Gasteiger partial charge on any atom is -0.495 e. The standard InChI is InChI=1S/C20H22ClNO6/c1-11-9-15(17(26-4)10-14(11)21)22-19(23)12(2)28-20(24)13-7-6-8-16(25-3)18(13)27-5/h6-10,12H,1-5H3,(H,22,23). The number of carbonyl (C=O) groups is 2. The van der Waals surface area contributed by atoms with Crippen LogP contribution in [-0.4, -0.2) is 39.3 Å². The fourth-order valence-electron chi connectivity index (χ4n) is 2.49. The van der Waals surface area contributed by atoms with Crippen LogP contribution in [0.1, 0.15) is 22.8 Å². The fourth-order valence-corrected chi connectivity index (χ4v) is 2.64. The summed E-state index contributed by atoms with van der Waals surface area (Å²) in [4.78, 5) is 25.0. The first-order valence-corrected chi connectivity index (χ1v) is 8.77. The number of aryl methyl sites for hydroxylation is 1. The predicted molar refractivity (Wildman–Crippen MR) is 106 cm³/mol. The van der Waals surface area contributed by atoms with E-state index in [0.717, 1.165) is 5.56 Å². The number of halogens is 1. The second-order valence-corrected chi connectivity index (χ2v) is 6.29. The number of anilines is 1. The molecule has 2 aromatic carbocycles. The molecule has 0 aliphatic rings. The Bertz CT molecular complexity index is 883. The quantitative estimate of drug-likeness (QED) is 0.702. The minimum absolute atomic E-state index is 0.154. The zero-order valence-electron chi connectivity index (χ0n) is 16.3. The Kier molecular flexibility index (Phi) is 7.12. The summed E-state index contributed by atoms with van der Waals surface area (Å²) in [5.74, 6) is -0.210. The van der Waals surface area contributed by atoms with Crippen molar-refractivity contribution in [3.63, 3.8) is 0 Å². The van der Waals surface area contributed by atoms with Gasteiger partial charge in [-0.25, -0.2) is 4.79 Å². The second-order valence-electron chi connectivity index (χ2n) is 5.88. The van der Waals surface area contributed by atoms with E-state index < -0.39 is 18.0 Å². The number of amides is 1. The molecule has 0 bridgehead atoms. The van der Waals surface area contributed by atoms with Crippen LogP contribution in [0, 0.1) is 6.92 Å². The van der Waals surface area contributed by atoms with Crippen LogP contribution in [0.5, 0.6) is 17.2 Å². The van der Waals surface area contributed by atoms with Gasteiger partial charge in [0.15, 0.2) is 17.6 Å². The summed E-state index contributed by atoms with van der Waals surface area (Å²) >= 11 is 6.07. The third kappa shape index (κ3) is 4.67. The number of ether oxygens (including phenoxy) is 4. The molecule has 2 rings (SSSR count). The summed E-state index contributed by atoms with van der Waals surface area (Å²) in [7, 11) is 4.35. The first kappa shape index (κ1) is 21.4. The number of benzene rings is 2.